The van der Waals surface area contributed by atoms with Crippen molar-refractivity contribution in [3.8, 4) is 6.07 Å². The van der Waals surface area contributed by atoms with E-state index in [0.717, 1.165) is 19.3 Å². The van der Waals surface area contributed by atoms with Crippen molar-refractivity contribution >= 4 is 0 Å². The van der Waals surface area contributed by atoms with Crippen molar-refractivity contribution in [1.82, 2.24) is 5.32 Å². The van der Waals surface area contributed by atoms with Gasteiger partial charge in [-0.2, -0.15) is 5.26 Å². The first kappa shape index (κ1) is 12.4. The lowest BCUT2D eigenvalue weighted by Gasteiger charge is -2.36. The van der Waals surface area contributed by atoms with Crippen molar-refractivity contribution in [2.24, 2.45) is 0 Å². The maximum absolute atomic E-state index is 9.20. The Morgan fingerprint density at radius 2 is 2.47 bits per heavy atom. The fourth-order valence-corrected chi connectivity index (χ4v) is 2.05. The van der Waals surface area contributed by atoms with Crippen LogP contribution >= 0.6 is 0 Å². The van der Waals surface area contributed by atoms with E-state index in [0.29, 0.717) is 19.6 Å². The minimum absolute atomic E-state index is 0.0722. The zero-order valence-corrected chi connectivity index (χ0v) is 9.33. The Balaban J connectivity index is 2.52. The summed E-state index contributed by atoms with van der Waals surface area (Å²) >= 11 is 0. The number of β-amino-alcohol motifs (C(OH)–C–C–N with tert-alkyl or cyclic N) is 1. The highest BCUT2D eigenvalue weighted by Gasteiger charge is 2.36. The van der Waals surface area contributed by atoms with E-state index >= 15 is 0 Å². The zero-order valence-electron chi connectivity index (χ0n) is 9.33. The number of rotatable bonds is 5. The molecule has 0 spiro atoms. The van der Waals surface area contributed by atoms with Crippen LogP contribution in [-0.2, 0) is 4.74 Å². The molecule has 4 heteroatoms. The molecule has 15 heavy (non-hydrogen) atoms. The van der Waals surface area contributed by atoms with Gasteiger partial charge in [-0.3, -0.25) is 5.32 Å². The molecule has 2 unspecified atom stereocenters. The summed E-state index contributed by atoms with van der Waals surface area (Å²) in [5, 5.41) is 21.1. The first-order chi connectivity index (χ1) is 7.26. The average Bonchev–Trinajstić information content (AvgIpc) is 2.27. The standard InChI is InChI=1S/C11H20N2O2/c1-2-3-10-8-11(9-12,4-7-15-10)13-5-6-14/h10,13-14H,2-8H2,1H3. The summed E-state index contributed by atoms with van der Waals surface area (Å²) in [6.45, 7) is 3.30. The van der Waals surface area contributed by atoms with E-state index in [-0.39, 0.29) is 12.7 Å². The van der Waals surface area contributed by atoms with Crippen LogP contribution in [0.1, 0.15) is 32.6 Å². The SMILES string of the molecule is CCCC1CC(C#N)(NCCO)CCO1. The van der Waals surface area contributed by atoms with Gasteiger partial charge in [0, 0.05) is 26.0 Å². The van der Waals surface area contributed by atoms with E-state index in [2.05, 4.69) is 18.3 Å². The van der Waals surface area contributed by atoms with Gasteiger partial charge in [-0.15, -0.1) is 0 Å². The molecule has 1 aliphatic rings. The second-order valence-corrected chi connectivity index (χ2v) is 4.08. The summed E-state index contributed by atoms with van der Waals surface area (Å²) in [5.74, 6) is 0. The van der Waals surface area contributed by atoms with Crippen molar-refractivity contribution in [3.63, 3.8) is 0 Å². The van der Waals surface area contributed by atoms with Gasteiger partial charge in [0.15, 0.2) is 0 Å². The summed E-state index contributed by atoms with van der Waals surface area (Å²) < 4.78 is 5.60. The van der Waals surface area contributed by atoms with Crippen molar-refractivity contribution in [2.75, 3.05) is 19.8 Å². The maximum atomic E-state index is 9.20. The molecule has 2 N–H and O–H groups in total. The predicted molar refractivity (Wildman–Crippen MR) is 57.3 cm³/mol. The second kappa shape index (κ2) is 6.06. The largest absolute Gasteiger partial charge is 0.395 e. The molecule has 0 amide bonds. The number of nitrogens with one attached hydrogen (secondary N) is 1. The molecular formula is C11H20N2O2. The summed E-state index contributed by atoms with van der Waals surface area (Å²) in [7, 11) is 0. The third-order valence-electron chi connectivity index (χ3n) is 2.86. The molecule has 0 aromatic carbocycles. The van der Waals surface area contributed by atoms with Gasteiger partial charge >= 0.3 is 0 Å². The number of aliphatic hydroxyl groups excluding tert-OH is 1. The van der Waals surface area contributed by atoms with Crippen LogP contribution in [0.15, 0.2) is 0 Å². The van der Waals surface area contributed by atoms with Gasteiger partial charge in [0.05, 0.1) is 18.8 Å². The van der Waals surface area contributed by atoms with Gasteiger partial charge in [-0.05, 0) is 6.42 Å². The number of nitrogens with zero attached hydrogens (tertiary/aromatic N) is 1. The Hall–Kier alpha value is -0.630. The third-order valence-corrected chi connectivity index (χ3v) is 2.86. The predicted octanol–water partition coefficient (Wildman–Crippen LogP) is 0.810. The van der Waals surface area contributed by atoms with E-state index in [1.54, 1.807) is 0 Å². The van der Waals surface area contributed by atoms with Crippen LogP contribution < -0.4 is 5.32 Å². The Labute approximate surface area is 91.2 Å². The minimum atomic E-state index is -0.485. The average molecular weight is 212 g/mol. The van der Waals surface area contributed by atoms with E-state index < -0.39 is 5.54 Å². The Morgan fingerprint density at radius 3 is 3.07 bits per heavy atom. The molecule has 0 aromatic rings. The van der Waals surface area contributed by atoms with Gasteiger partial charge in [-0.25, -0.2) is 0 Å². The maximum Gasteiger partial charge on any atom is 0.111 e. The van der Waals surface area contributed by atoms with E-state index in [1.807, 2.05) is 0 Å². The quantitative estimate of drug-likeness (QED) is 0.708. The zero-order chi connectivity index (χ0) is 11.1. The highest BCUT2D eigenvalue weighted by molar-refractivity contribution is 5.09. The molecule has 0 saturated carbocycles. The molecular weight excluding hydrogens is 192 g/mol. The molecule has 1 fully saturated rings. The highest BCUT2D eigenvalue weighted by Crippen LogP contribution is 2.26. The summed E-state index contributed by atoms with van der Waals surface area (Å²) in [6.07, 6.45) is 3.71. The number of aliphatic hydroxyl groups is 1. The lowest BCUT2D eigenvalue weighted by atomic mass is 9.86. The molecule has 1 heterocycles. The van der Waals surface area contributed by atoms with Crippen molar-refractivity contribution in [3.05, 3.63) is 0 Å². The van der Waals surface area contributed by atoms with Gasteiger partial charge in [-0.1, -0.05) is 13.3 Å². The van der Waals surface area contributed by atoms with E-state index in [1.165, 1.54) is 0 Å². The second-order valence-electron chi connectivity index (χ2n) is 4.08. The smallest absolute Gasteiger partial charge is 0.111 e. The van der Waals surface area contributed by atoms with Crippen LogP contribution in [0.4, 0.5) is 0 Å². The fraction of sp³-hybridized carbons (Fsp3) is 0.909. The fourth-order valence-electron chi connectivity index (χ4n) is 2.05. The Morgan fingerprint density at radius 1 is 1.67 bits per heavy atom. The van der Waals surface area contributed by atoms with Gasteiger partial charge in [0.25, 0.3) is 0 Å². The molecule has 0 aliphatic carbocycles. The first-order valence-corrected chi connectivity index (χ1v) is 5.65. The monoisotopic (exact) mass is 212 g/mol. The third kappa shape index (κ3) is 3.45. The lowest BCUT2D eigenvalue weighted by molar-refractivity contribution is -0.0192. The molecule has 1 aliphatic heterocycles. The molecule has 86 valence electrons. The molecule has 0 radical (unpaired) electrons. The normalized spacial score (nSPS) is 31.1. The summed E-state index contributed by atoms with van der Waals surface area (Å²) in [5.41, 5.74) is -0.485. The van der Waals surface area contributed by atoms with Crippen LogP contribution in [-0.4, -0.2) is 36.5 Å². The topological polar surface area (TPSA) is 65.3 Å². The number of nitriles is 1. The number of hydrogen-bond donors (Lipinski definition) is 2. The molecule has 1 saturated heterocycles. The number of ether oxygens (including phenoxy) is 1. The molecule has 1 rings (SSSR count). The van der Waals surface area contributed by atoms with E-state index in [9.17, 15) is 5.26 Å². The minimum Gasteiger partial charge on any atom is -0.395 e. The van der Waals surface area contributed by atoms with Crippen molar-refractivity contribution in [1.29, 1.82) is 5.26 Å². The van der Waals surface area contributed by atoms with Gasteiger partial charge < -0.3 is 9.84 Å². The molecule has 0 bridgehead atoms. The first-order valence-electron chi connectivity index (χ1n) is 5.65. The van der Waals surface area contributed by atoms with Crippen LogP contribution in [0.2, 0.25) is 0 Å². The van der Waals surface area contributed by atoms with Gasteiger partial charge in [0.1, 0.15) is 5.54 Å². The summed E-state index contributed by atoms with van der Waals surface area (Å²) in [4.78, 5) is 0. The summed E-state index contributed by atoms with van der Waals surface area (Å²) in [6, 6.07) is 2.34. The Bertz CT molecular complexity index is 225. The lowest BCUT2D eigenvalue weighted by Crippen LogP contribution is -2.51. The van der Waals surface area contributed by atoms with Crippen LogP contribution in [0.3, 0.4) is 0 Å². The van der Waals surface area contributed by atoms with Crippen LogP contribution in [0.5, 0.6) is 0 Å². The van der Waals surface area contributed by atoms with Crippen molar-refractivity contribution < 1.29 is 9.84 Å². The van der Waals surface area contributed by atoms with Crippen LogP contribution in [0, 0.1) is 11.3 Å². The molecule has 4 nitrogen and oxygen atoms in total. The molecule has 2 atom stereocenters. The van der Waals surface area contributed by atoms with Crippen LogP contribution in [0.25, 0.3) is 0 Å². The van der Waals surface area contributed by atoms with Gasteiger partial charge in [0.2, 0.25) is 0 Å². The van der Waals surface area contributed by atoms with E-state index in [4.69, 9.17) is 9.84 Å². The Kier molecular flexibility index (Phi) is 5.03. The molecule has 0 aromatic heterocycles. The highest BCUT2D eigenvalue weighted by atomic mass is 16.5. The van der Waals surface area contributed by atoms with Crippen molar-refractivity contribution in [2.45, 2.75) is 44.2 Å². The number of hydrogen-bond acceptors (Lipinski definition) is 4.